The predicted molar refractivity (Wildman–Crippen MR) is 67.3 cm³/mol. The monoisotopic (exact) mass is 258 g/mol. The summed E-state index contributed by atoms with van der Waals surface area (Å²) in [5.41, 5.74) is 0.906. The number of aromatic nitrogens is 1. The second-order valence-corrected chi connectivity index (χ2v) is 4.92. The minimum atomic E-state index is -0.182. The summed E-state index contributed by atoms with van der Waals surface area (Å²) >= 11 is 1.22. The van der Waals surface area contributed by atoms with Crippen molar-refractivity contribution in [3.8, 4) is 0 Å². The molecule has 5 nitrogen and oxygen atoms in total. The van der Waals surface area contributed by atoms with E-state index in [1.165, 1.54) is 11.3 Å². The van der Waals surface area contributed by atoms with Gasteiger partial charge in [0.1, 0.15) is 0 Å². The number of rotatable bonds is 6. The molecule has 0 spiro atoms. The molecule has 0 fully saturated rings. The summed E-state index contributed by atoms with van der Waals surface area (Å²) in [6.45, 7) is 5.40. The van der Waals surface area contributed by atoms with Crippen molar-refractivity contribution in [2.24, 2.45) is 0 Å². The number of ether oxygens (including phenoxy) is 1. The van der Waals surface area contributed by atoms with E-state index in [9.17, 15) is 9.59 Å². The second kappa shape index (κ2) is 6.56. The van der Waals surface area contributed by atoms with Gasteiger partial charge in [0.25, 0.3) is 0 Å². The molecule has 0 unspecified atom stereocenters. The van der Waals surface area contributed by atoms with E-state index in [0.717, 1.165) is 10.6 Å². The third-order valence-electron chi connectivity index (χ3n) is 2.34. The number of carbonyl (C=O) groups is 1. The van der Waals surface area contributed by atoms with Crippen molar-refractivity contribution < 1.29 is 9.53 Å². The normalized spacial score (nSPS) is 10.8. The number of hydrogen-bond donors (Lipinski definition) is 1. The first kappa shape index (κ1) is 13.9. The lowest BCUT2D eigenvalue weighted by atomic mass is 10.3. The smallest absolute Gasteiger partial charge is 0.307 e. The number of hydrogen-bond acceptors (Lipinski definition) is 5. The van der Waals surface area contributed by atoms with Gasteiger partial charge in [-0.15, -0.1) is 0 Å². The van der Waals surface area contributed by atoms with Crippen LogP contribution in [0.15, 0.2) is 4.79 Å². The molecule has 1 heterocycles. The highest BCUT2D eigenvalue weighted by molar-refractivity contribution is 7.09. The molecule has 17 heavy (non-hydrogen) atoms. The third kappa shape index (κ3) is 4.70. The van der Waals surface area contributed by atoms with Gasteiger partial charge in [0.2, 0.25) is 0 Å². The summed E-state index contributed by atoms with van der Waals surface area (Å²) < 4.78 is 4.85. The summed E-state index contributed by atoms with van der Waals surface area (Å²) in [5.74, 6) is -0.182. The molecule has 0 aliphatic rings. The molecule has 0 aliphatic carbocycles. The number of carbonyl (C=O) groups excluding carboxylic acids is 1. The van der Waals surface area contributed by atoms with Gasteiger partial charge < -0.3 is 14.6 Å². The van der Waals surface area contributed by atoms with Gasteiger partial charge in [-0.3, -0.25) is 9.59 Å². The van der Waals surface area contributed by atoms with Crippen LogP contribution in [0.2, 0.25) is 0 Å². The van der Waals surface area contributed by atoms with Gasteiger partial charge in [-0.25, -0.2) is 0 Å². The molecule has 0 amide bonds. The lowest BCUT2D eigenvalue weighted by Crippen LogP contribution is -2.22. The summed E-state index contributed by atoms with van der Waals surface area (Å²) in [4.78, 5) is 28.0. The molecule has 1 N–H and O–H groups in total. The van der Waals surface area contributed by atoms with Crippen LogP contribution in [-0.4, -0.2) is 36.1 Å². The SMILES string of the molecule is CCOC(=O)CCN(C)Cc1sc(=O)[nH]c1C. The fourth-order valence-electron chi connectivity index (χ4n) is 1.43. The van der Waals surface area contributed by atoms with E-state index < -0.39 is 0 Å². The maximum atomic E-state index is 11.2. The van der Waals surface area contributed by atoms with Crippen LogP contribution < -0.4 is 4.87 Å². The van der Waals surface area contributed by atoms with E-state index in [1.807, 2.05) is 18.9 Å². The van der Waals surface area contributed by atoms with Crippen LogP contribution in [0.5, 0.6) is 0 Å². The van der Waals surface area contributed by atoms with Crippen molar-refractivity contribution in [2.75, 3.05) is 20.2 Å². The van der Waals surface area contributed by atoms with Gasteiger partial charge in [-0.2, -0.15) is 0 Å². The Balaban J connectivity index is 2.39. The molecule has 6 heteroatoms. The van der Waals surface area contributed by atoms with Crippen molar-refractivity contribution >= 4 is 17.3 Å². The highest BCUT2D eigenvalue weighted by atomic mass is 32.1. The minimum Gasteiger partial charge on any atom is -0.466 e. The topological polar surface area (TPSA) is 62.4 Å². The van der Waals surface area contributed by atoms with Gasteiger partial charge in [0.05, 0.1) is 13.0 Å². The average Bonchev–Trinajstić information content (AvgIpc) is 2.55. The molecule has 0 saturated heterocycles. The molecule has 0 radical (unpaired) electrons. The zero-order valence-corrected chi connectivity index (χ0v) is 11.2. The summed E-state index contributed by atoms with van der Waals surface area (Å²) in [6, 6.07) is 0. The third-order valence-corrected chi connectivity index (χ3v) is 3.31. The number of aryl methyl sites for hydroxylation is 1. The molecule has 96 valence electrons. The van der Waals surface area contributed by atoms with Crippen LogP contribution in [0.1, 0.15) is 23.9 Å². The zero-order chi connectivity index (χ0) is 12.8. The molecule has 0 aromatic carbocycles. The van der Waals surface area contributed by atoms with E-state index >= 15 is 0 Å². The Morgan fingerprint density at radius 3 is 2.76 bits per heavy atom. The molecule has 0 aliphatic heterocycles. The summed E-state index contributed by atoms with van der Waals surface area (Å²) in [6.07, 6.45) is 0.378. The number of thiazole rings is 1. The van der Waals surface area contributed by atoms with E-state index in [1.54, 1.807) is 6.92 Å². The van der Waals surface area contributed by atoms with Crippen molar-refractivity contribution in [3.63, 3.8) is 0 Å². The van der Waals surface area contributed by atoms with Crippen molar-refractivity contribution in [1.29, 1.82) is 0 Å². The summed E-state index contributed by atoms with van der Waals surface area (Å²) in [5, 5.41) is 0. The van der Waals surface area contributed by atoms with Gasteiger partial charge in [-0.05, 0) is 20.9 Å². The van der Waals surface area contributed by atoms with Gasteiger partial charge >= 0.3 is 10.8 Å². The van der Waals surface area contributed by atoms with Crippen LogP contribution in [-0.2, 0) is 16.1 Å². The first-order valence-corrected chi connectivity index (χ1v) is 6.37. The van der Waals surface area contributed by atoms with Crippen LogP contribution in [0.25, 0.3) is 0 Å². The maximum absolute atomic E-state index is 11.2. The Morgan fingerprint density at radius 2 is 2.24 bits per heavy atom. The molecule has 1 rings (SSSR count). The molecule has 0 saturated carbocycles. The van der Waals surface area contributed by atoms with Gasteiger partial charge in [0.15, 0.2) is 0 Å². The second-order valence-electron chi connectivity index (χ2n) is 3.86. The van der Waals surface area contributed by atoms with Crippen LogP contribution in [0.4, 0.5) is 0 Å². The fraction of sp³-hybridized carbons (Fsp3) is 0.636. The Labute approximate surface area is 104 Å². The number of esters is 1. The highest BCUT2D eigenvalue weighted by Gasteiger charge is 2.09. The largest absolute Gasteiger partial charge is 0.466 e. The van der Waals surface area contributed by atoms with Crippen LogP contribution in [0, 0.1) is 6.92 Å². The minimum absolute atomic E-state index is 0.0312. The van der Waals surface area contributed by atoms with Crippen LogP contribution in [0.3, 0.4) is 0 Å². The lowest BCUT2D eigenvalue weighted by molar-refractivity contribution is -0.143. The van der Waals surface area contributed by atoms with E-state index in [2.05, 4.69) is 4.98 Å². The highest BCUT2D eigenvalue weighted by Crippen LogP contribution is 2.10. The predicted octanol–water partition coefficient (Wildman–Crippen LogP) is 1.13. The van der Waals surface area contributed by atoms with Crippen molar-refractivity contribution in [3.05, 3.63) is 20.2 Å². The Hall–Kier alpha value is -1.14. The maximum Gasteiger partial charge on any atom is 0.307 e. The molecule has 0 atom stereocenters. The lowest BCUT2D eigenvalue weighted by Gasteiger charge is -2.15. The van der Waals surface area contributed by atoms with E-state index in [4.69, 9.17) is 4.74 Å². The van der Waals surface area contributed by atoms with Crippen LogP contribution >= 0.6 is 11.3 Å². The number of nitrogens with one attached hydrogen (secondary N) is 1. The fourth-order valence-corrected chi connectivity index (χ4v) is 2.34. The molecule has 1 aromatic heterocycles. The van der Waals surface area contributed by atoms with E-state index in [-0.39, 0.29) is 10.8 Å². The Bertz CT molecular complexity index is 425. The van der Waals surface area contributed by atoms with Gasteiger partial charge in [-0.1, -0.05) is 11.3 Å². The van der Waals surface area contributed by atoms with Crippen molar-refractivity contribution in [2.45, 2.75) is 26.8 Å². The Morgan fingerprint density at radius 1 is 1.53 bits per heavy atom. The first-order chi connectivity index (χ1) is 8.02. The number of aromatic amines is 1. The number of nitrogens with zero attached hydrogens (tertiary/aromatic N) is 1. The average molecular weight is 258 g/mol. The van der Waals surface area contributed by atoms with Gasteiger partial charge in [0, 0.05) is 23.7 Å². The molecule has 1 aromatic rings. The van der Waals surface area contributed by atoms with E-state index in [0.29, 0.717) is 26.1 Å². The summed E-state index contributed by atoms with van der Waals surface area (Å²) in [7, 11) is 1.92. The van der Waals surface area contributed by atoms with Crippen molar-refractivity contribution in [1.82, 2.24) is 9.88 Å². The molecule has 0 bridgehead atoms. The zero-order valence-electron chi connectivity index (χ0n) is 10.4. The Kier molecular flexibility index (Phi) is 5.37. The first-order valence-electron chi connectivity index (χ1n) is 5.55. The number of H-pyrrole nitrogens is 1. The molecular formula is C11H18N2O3S. The quantitative estimate of drug-likeness (QED) is 0.777. The standard InChI is InChI=1S/C11H18N2O3S/c1-4-16-10(14)5-6-13(3)7-9-8(2)12-11(15)17-9/h4-7H2,1-3H3,(H,12,15). The molecular weight excluding hydrogens is 240 g/mol.